The van der Waals surface area contributed by atoms with Gasteiger partial charge in [-0.15, -0.1) is 0 Å². The Morgan fingerprint density at radius 3 is 2.42 bits per heavy atom. The lowest BCUT2D eigenvalue weighted by Gasteiger charge is -2.36. The van der Waals surface area contributed by atoms with Gasteiger partial charge < -0.3 is 25.3 Å². The van der Waals surface area contributed by atoms with E-state index >= 15 is 0 Å². The predicted octanol–water partition coefficient (Wildman–Crippen LogP) is 0.515. The first-order valence-corrected chi connectivity index (χ1v) is 7.57. The number of carbonyl (C=O) groups excluding carboxylic acids is 1. The Hall–Kier alpha value is -2.41. The van der Waals surface area contributed by atoms with Gasteiger partial charge in [-0.3, -0.25) is 4.79 Å². The molecule has 0 aromatic heterocycles. The zero-order chi connectivity index (χ0) is 17.5. The number of amides is 1. The van der Waals surface area contributed by atoms with Crippen LogP contribution in [0.2, 0.25) is 0 Å². The first-order valence-electron chi connectivity index (χ1n) is 7.57. The van der Waals surface area contributed by atoms with E-state index in [0.717, 1.165) is 4.90 Å². The maximum absolute atomic E-state index is 12.3. The lowest BCUT2D eigenvalue weighted by Crippen LogP contribution is -2.49. The second kappa shape index (κ2) is 5.90. The molecule has 1 aliphatic rings. The summed E-state index contributed by atoms with van der Waals surface area (Å²) in [6.07, 6.45) is -2.99. The summed E-state index contributed by atoms with van der Waals surface area (Å²) >= 11 is 0. The van der Waals surface area contributed by atoms with E-state index in [-0.39, 0.29) is 5.75 Å². The van der Waals surface area contributed by atoms with Gasteiger partial charge >= 0.3 is 0 Å². The van der Waals surface area contributed by atoms with Crippen molar-refractivity contribution in [3.8, 4) is 5.75 Å². The topological polar surface area (TPSA) is 101 Å². The van der Waals surface area contributed by atoms with Crippen molar-refractivity contribution in [3.63, 3.8) is 0 Å². The number of aliphatic hydroxyl groups is 3. The van der Waals surface area contributed by atoms with E-state index in [4.69, 9.17) is 0 Å². The zero-order valence-corrected chi connectivity index (χ0v) is 13.1. The lowest BCUT2D eigenvalue weighted by atomic mass is 9.80. The quantitative estimate of drug-likeness (QED) is 0.657. The van der Waals surface area contributed by atoms with Crippen molar-refractivity contribution in [3.05, 3.63) is 65.7 Å². The molecule has 4 unspecified atom stereocenters. The van der Waals surface area contributed by atoms with Crippen molar-refractivity contribution in [1.29, 1.82) is 0 Å². The molecule has 1 amide bonds. The van der Waals surface area contributed by atoms with Gasteiger partial charge in [0.05, 0.1) is 6.04 Å². The fraction of sp³-hybridized carbons (Fsp3) is 0.278. The lowest BCUT2D eigenvalue weighted by molar-refractivity contribution is -0.138. The van der Waals surface area contributed by atoms with Gasteiger partial charge in [0.2, 0.25) is 0 Å². The van der Waals surface area contributed by atoms with Gasteiger partial charge in [0, 0.05) is 7.05 Å². The second-order valence-corrected chi connectivity index (χ2v) is 6.03. The third-order valence-electron chi connectivity index (χ3n) is 4.61. The Bertz CT molecular complexity index is 750. The smallest absolute Gasteiger partial charge is 0.255 e. The summed E-state index contributed by atoms with van der Waals surface area (Å²) in [4.78, 5) is 13.4. The average molecular weight is 329 g/mol. The fourth-order valence-electron chi connectivity index (χ4n) is 3.35. The molecule has 0 bridgehead atoms. The van der Waals surface area contributed by atoms with Crippen LogP contribution in [0.25, 0.3) is 0 Å². The SMILES string of the molecule is CN1C(=O)C(O)C(O)(c2ccccc2)C1C(O)c1cccc(O)c1. The fourth-order valence-corrected chi connectivity index (χ4v) is 3.35. The van der Waals surface area contributed by atoms with Gasteiger partial charge in [-0.25, -0.2) is 0 Å². The largest absolute Gasteiger partial charge is 0.508 e. The summed E-state index contributed by atoms with van der Waals surface area (Å²) < 4.78 is 0. The minimum absolute atomic E-state index is 0.0395. The maximum atomic E-state index is 12.3. The average Bonchev–Trinajstić information content (AvgIpc) is 2.77. The number of likely N-dealkylation sites (tertiary alicyclic amines) is 1. The van der Waals surface area contributed by atoms with Gasteiger partial charge in [0.15, 0.2) is 6.10 Å². The van der Waals surface area contributed by atoms with Crippen LogP contribution in [0.4, 0.5) is 0 Å². The summed E-state index contributed by atoms with van der Waals surface area (Å²) in [5.41, 5.74) is -1.31. The predicted molar refractivity (Wildman–Crippen MR) is 86.0 cm³/mol. The zero-order valence-electron chi connectivity index (χ0n) is 13.1. The second-order valence-electron chi connectivity index (χ2n) is 6.03. The van der Waals surface area contributed by atoms with Crippen LogP contribution >= 0.6 is 0 Å². The van der Waals surface area contributed by atoms with E-state index < -0.39 is 29.8 Å². The van der Waals surface area contributed by atoms with Crippen molar-refractivity contribution < 1.29 is 25.2 Å². The standard InChI is InChI=1S/C18H19NO5/c1-19-15(14(21)11-6-5-9-13(20)10-11)18(24,16(22)17(19)23)12-7-3-2-4-8-12/h2-10,14-16,20-22,24H,1H3. The molecule has 6 heteroatoms. The Morgan fingerprint density at radius 1 is 1.12 bits per heavy atom. The Labute approximate surface area is 139 Å². The number of phenols is 1. The molecule has 1 heterocycles. The molecule has 2 aromatic carbocycles. The van der Waals surface area contributed by atoms with Crippen LogP contribution in [0.5, 0.6) is 5.75 Å². The first kappa shape index (κ1) is 16.4. The van der Waals surface area contributed by atoms with Crippen LogP contribution in [-0.2, 0) is 10.4 Å². The highest BCUT2D eigenvalue weighted by atomic mass is 16.4. The van der Waals surface area contributed by atoms with E-state index in [0.29, 0.717) is 11.1 Å². The number of hydrogen-bond acceptors (Lipinski definition) is 5. The van der Waals surface area contributed by atoms with Crippen molar-refractivity contribution in [2.45, 2.75) is 23.9 Å². The molecule has 0 spiro atoms. The van der Waals surface area contributed by atoms with Gasteiger partial charge in [0.25, 0.3) is 5.91 Å². The van der Waals surface area contributed by atoms with Gasteiger partial charge in [-0.2, -0.15) is 0 Å². The summed E-state index contributed by atoms with van der Waals surface area (Å²) in [7, 11) is 1.42. The molecule has 4 atom stereocenters. The van der Waals surface area contributed by atoms with Crippen molar-refractivity contribution >= 4 is 5.91 Å². The highest BCUT2D eigenvalue weighted by molar-refractivity contribution is 5.86. The molecule has 2 aromatic rings. The first-order chi connectivity index (χ1) is 11.4. The van der Waals surface area contributed by atoms with E-state index in [1.807, 2.05) is 0 Å². The Balaban J connectivity index is 2.10. The summed E-state index contributed by atoms with van der Waals surface area (Å²) in [6, 6.07) is 13.2. The number of phenolic OH excluding ortho intramolecular Hbond substituents is 1. The van der Waals surface area contributed by atoms with Crippen molar-refractivity contribution in [2.24, 2.45) is 0 Å². The summed E-state index contributed by atoms with van der Waals surface area (Å²) in [5.74, 6) is -0.715. The molecule has 6 nitrogen and oxygen atoms in total. The number of aliphatic hydroxyl groups excluding tert-OH is 2. The van der Waals surface area contributed by atoms with Crippen molar-refractivity contribution in [2.75, 3.05) is 7.05 Å². The molecule has 0 aliphatic carbocycles. The number of aromatic hydroxyl groups is 1. The molecule has 3 rings (SSSR count). The molecule has 1 saturated heterocycles. The monoisotopic (exact) mass is 329 g/mol. The number of benzene rings is 2. The Morgan fingerprint density at radius 2 is 1.79 bits per heavy atom. The third-order valence-corrected chi connectivity index (χ3v) is 4.61. The minimum atomic E-state index is -1.97. The number of carbonyl (C=O) groups is 1. The number of hydrogen-bond donors (Lipinski definition) is 4. The molecule has 1 aliphatic heterocycles. The number of nitrogens with zero attached hydrogens (tertiary/aromatic N) is 1. The van der Waals surface area contributed by atoms with E-state index in [1.54, 1.807) is 42.5 Å². The molecule has 0 radical (unpaired) electrons. The minimum Gasteiger partial charge on any atom is -0.508 e. The molecule has 0 saturated carbocycles. The van der Waals surface area contributed by atoms with E-state index in [9.17, 15) is 25.2 Å². The summed E-state index contributed by atoms with van der Waals surface area (Å²) in [5, 5.41) is 41.9. The van der Waals surface area contributed by atoms with Crippen LogP contribution in [0, 0.1) is 0 Å². The van der Waals surface area contributed by atoms with Gasteiger partial charge in [-0.05, 0) is 23.3 Å². The molecule has 4 N–H and O–H groups in total. The number of likely N-dealkylation sites (N-methyl/N-ethyl adjacent to an activating group) is 1. The molecule has 1 fully saturated rings. The van der Waals surface area contributed by atoms with Crippen LogP contribution in [-0.4, -0.2) is 50.4 Å². The number of rotatable bonds is 3. The van der Waals surface area contributed by atoms with Crippen molar-refractivity contribution in [1.82, 2.24) is 4.90 Å². The molecule has 126 valence electrons. The highest BCUT2D eigenvalue weighted by Crippen LogP contribution is 2.43. The van der Waals surface area contributed by atoms with E-state index in [1.165, 1.54) is 19.2 Å². The van der Waals surface area contributed by atoms with Crippen LogP contribution in [0.3, 0.4) is 0 Å². The van der Waals surface area contributed by atoms with Crippen LogP contribution < -0.4 is 0 Å². The summed E-state index contributed by atoms with van der Waals surface area (Å²) in [6.45, 7) is 0. The molecule has 24 heavy (non-hydrogen) atoms. The van der Waals surface area contributed by atoms with Crippen LogP contribution in [0.15, 0.2) is 54.6 Å². The van der Waals surface area contributed by atoms with Gasteiger partial charge in [-0.1, -0.05) is 42.5 Å². The van der Waals surface area contributed by atoms with E-state index in [2.05, 4.69) is 0 Å². The highest BCUT2D eigenvalue weighted by Gasteiger charge is 2.60. The normalized spacial score (nSPS) is 28.2. The third kappa shape index (κ3) is 2.36. The Kier molecular flexibility index (Phi) is 4.04. The molecular formula is C18H19NO5. The van der Waals surface area contributed by atoms with Crippen LogP contribution in [0.1, 0.15) is 17.2 Å². The molecular weight excluding hydrogens is 310 g/mol. The van der Waals surface area contributed by atoms with Gasteiger partial charge in [0.1, 0.15) is 17.5 Å². The maximum Gasteiger partial charge on any atom is 0.255 e.